The average molecular weight is 1710 g/mol. The standard InChI is InChI=1S/C25H34N2O8.C18H30N2O7.C15H19NO3.C10H17NO6.C8H7ClO2.C8H15NO2/c1-24(2)34-20-19(28)18(33-25(20,35-24)23(31)32-3)14-27-22(30)17-11-9-15(10-12-17)13-26-21(29)16-7-5-4-6-8-16;1-17(2)26-14-13(21)12(25-18(14,27-17)16(23)24-3)9-20-15(22)11-6-4-10(8-19)5-7-11;17-14(12-4-2-1-3-5-12)16-10-11-6-8-13(9-7-11)15(18)19;1-9(2)16-7-6(12)5(4-11)15-10(7,17-9)8(13)14-3;9-8(10)11-6-7-4-2-1-3-5-7;9-5-6-1-3-7(4-2-6)8(10)11/h4-8,15,17-20,28H,9-14H2,1-3H3,(H,26,29)(H,27,30);10-14,21H,4-9,19H2,1-3H3,(H,20,22);1-5,11,13H,6-10H2,(H,16,17)(H,18,19);5-7,12H,4,11H2,1-3H3;1-5H,6H2;6-7H,1-5,9H2,(H,10,11)/t15?,17?,18?,19-,20+,25-;10?,11?,12?,13-,14+,18-;;5?,6-,7+,10-;;/m11.1../s1. The second kappa shape index (κ2) is 44.4. The highest BCUT2D eigenvalue weighted by Crippen LogP contribution is 2.49. The number of aliphatic hydroxyl groups excluding tert-OH is 3. The molecule has 0 aromatic heterocycles. The van der Waals surface area contributed by atoms with Gasteiger partial charge in [0.25, 0.3) is 11.8 Å². The topological polar surface area (TPSA) is 518 Å². The van der Waals surface area contributed by atoms with E-state index in [1.807, 2.05) is 66.7 Å². The van der Waals surface area contributed by atoms with Gasteiger partial charge >= 0.3 is 52.6 Å². The van der Waals surface area contributed by atoms with Crippen LogP contribution >= 0.6 is 11.6 Å². The molecule has 10 aliphatic rings. The number of aliphatic carboxylic acids is 2. The number of amides is 4. The first kappa shape index (κ1) is 97.5. The lowest BCUT2D eigenvalue weighted by Gasteiger charge is -2.29. The molecule has 4 aliphatic carbocycles. The lowest BCUT2D eigenvalue weighted by atomic mass is 9.81. The van der Waals surface area contributed by atoms with E-state index in [1.54, 1.807) is 65.8 Å². The van der Waals surface area contributed by atoms with Gasteiger partial charge in [-0.1, -0.05) is 66.7 Å². The maximum absolute atomic E-state index is 12.8. The molecular formula is C84H122ClN7O28. The van der Waals surface area contributed by atoms with Crippen molar-refractivity contribution in [2.24, 2.45) is 64.5 Å². The quantitative estimate of drug-likeness (QED) is 0.0349. The van der Waals surface area contributed by atoms with Crippen LogP contribution in [0.3, 0.4) is 0 Å². The lowest BCUT2D eigenvalue weighted by molar-refractivity contribution is -0.263. The normalized spacial score (nSPS) is 32.4. The monoisotopic (exact) mass is 1710 g/mol. The fourth-order valence-corrected chi connectivity index (χ4v) is 16.5. The number of esters is 3. The van der Waals surface area contributed by atoms with Crippen molar-refractivity contribution in [3.8, 4) is 0 Å². The van der Waals surface area contributed by atoms with Crippen LogP contribution in [0, 0.1) is 47.3 Å². The Morgan fingerprint density at radius 1 is 0.392 bits per heavy atom. The van der Waals surface area contributed by atoms with Crippen LogP contribution in [-0.2, 0) is 102 Å². The van der Waals surface area contributed by atoms with Crippen molar-refractivity contribution in [2.75, 3.05) is 67.1 Å². The van der Waals surface area contributed by atoms with Crippen LogP contribution < -0.4 is 38.5 Å². The van der Waals surface area contributed by atoms with Crippen LogP contribution in [0.2, 0.25) is 0 Å². The maximum Gasteiger partial charge on any atom is 0.404 e. The van der Waals surface area contributed by atoms with E-state index in [0.29, 0.717) is 73.8 Å². The van der Waals surface area contributed by atoms with Crippen molar-refractivity contribution in [1.82, 2.24) is 21.3 Å². The second-order valence-corrected chi connectivity index (χ2v) is 33.3. The zero-order valence-electron chi connectivity index (χ0n) is 69.7. The zero-order valence-corrected chi connectivity index (χ0v) is 70.4. The first-order valence-electron chi connectivity index (χ1n) is 41.0. The SMILES string of the molecule is COC(=O)[C@@]12OC(CN)[C@@H](O)[C@@H]1OC(C)(C)O2.COC(=O)[C@@]12OC(CNC(=O)C3CCC(CN)CC3)[C@@H](O)[C@@H]1OC(C)(C)O2.COC(=O)[C@@]12OC(CNC(=O)C3CCC(CNC(=O)c4ccccc4)CC3)[C@@H](O)[C@@H]1OC(C)(C)O2.NCC1CCC(C(=O)O)CC1.O=C(Cl)OCc1ccccc1.O=C(NCC1CCC(C(=O)O)CC1)c1ccccc1. The summed E-state index contributed by atoms with van der Waals surface area (Å²) in [4.78, 5) is 117. The number of carboxylic acids is 2. The maximum atomic E-state index is 12.8. The van der Waals surface area contributed by atoms with E-state index in [1.165, 1.54) is 21.3 Å². The van der Waals surface area contributed by atoms with Crippen LogP contribution in [0.4, 0.5) is 4.79 Å². The zero-order chi connectivity index (χ0) is 87.9. The number of hydrogen-bond acceptors (Lipinski definition) is 29. The van der Waals surface area contributed by atoms with Gasteiger partial charge in [0.1, 0.15) is 43.2 Å². The molecule has 15 N–H and O–H groups in total. The Morgan fingerprint density at radius 3 is 0.975 bits per heavy atom. The summed E-state index contributed by atoms with van der Waals surface area (Å²) in [6.45, 7) is 12.7. The number of methoxy groups -OCH3 is 3. The molecule has 0 bridgehead atoms. The fourth-order valence-electron chi connectivity index (χ4n) is 16.5. The van der Waals surface area contributed by atoms with E-state index in [4.69, 9.17) is 91.1 Å². The molecule has 0 spiro atoms. The van der Waals surface area contributed by atoms with E-state index >= 15 is 0 Å². The molecule has 35 nitrogen and oxygen atoms in total. The molecule has 4 amide bonds. The summed E-state index contributed by atoms with van der Waals surface area (Å²) < 4.78 is 69.5. The Balaban J connectivity index is 0.000000188. The van der Waals surface area contributed by atoms with E-state index in [2.05, 4.69) is 30.7 Å². The summed E-state index contributed by atoms with van der Waals surface area (Å²) in [5.41, 5.74) is 18.1. The fraction of sp³-hybridized carbons (Fsp3) is 0.667. The minimum absolute atomic E-state index is 0.00938. The molecule has 3 aromatic carbocycles. The predicted octanol–water partition coefficient (Wildman–Crippen LogP) is 5.20. The van der Waals surface area contributed by atoms with Gasteiger partial charge in [0.05, 0.1) is 33.2 Å². The molecule has 12 atom stereocenters. The molecule has 6 aliphatic heterocycles. The third-order valence-corrected chi connectivity index (χ3v) is 23.2. The summed E-state index contributed by atoms with van der Waals surface area (Å²) in [5.74, 6) is -11.4. The minimum Gasteiger partial charge on any atom is -0.481 e. The van der Waals surface area contributed by atoms with Gasteiger partial charge in [-0.05, 0) is 211 Å². The van der Waals surface area contributed by atoms with E-state index in [0.717, 1.165) is 95.5 Å². The molecule has 6 heterocycles. The van der Waals surface area contributed by atoms with Gasteiger partial charge in [-0.2, -0.15) is 0 Å². The van der Waals surface area contributed by atoms with Crippen molar-refractivity contribution in [3.05, 3.63) is 108 Å². The number of halogens is 1. The number of carboxylic acid groups (broad SMARTS) is 2. The largest absolute Gasteiger partial charge is 0.481 e. The number of rotatable bonds is 22. The number of benzene rings is 3. The molecule has 10 fully saturated rings. The van der Waals surface area contributed by atoms with E-state index in [-0.39, 0.29) is 73.5 Å². The number of fused-ring (bicyclic) bond motifs is 3. The first-order chi connectivity index (χ1) is 56.9. The van der Waals surface area contributed by atoms with Gasteiger partial charge in [-0.25, -0.2) is 19.2 Å². The van der Waals surface area contributed by atoms with Gasteiger partial charge in [0, 0.05) is 67.3 Å². The molecule has 6 saturated heterocycles. The highest BCUT2D eigenvalue weighted by Gasteiger charge is 2.72. The Hall–Kier alpha value is -7.95. The van der Waals surface area contributed by atoms with Crippen molar-refractivity contribution in [3.63, 3.8) is 0 Å². The van der Waals surface area contributed by atoms with Gasteiger partial charge in [-0.3, -0.25) is 28.8 Å². The van der Waals surface area contributed by atoms with Crippen LogP contribution in [0.25, 0.3) is 0 Å². The number of nitrogens with two attached hydrogens (primary N) is 3. The molecule has 668 valence electrons. The van der Waals surface area contributed by atoms with Crippen LogP contribution in [-0.4, -0.2) is 241 Å². The first-order valence-corrected chi connectivity index (χ1v) is 41.4. The summed E-state index contributed by atoms with van der Waals surface area (Å²) >= 11 is 4.97. The predicted molar refractivity (Wildman–Crippen MR) is 427 cm³/mol. The Kier molecular flexibility index (Phi) is 36.1. The Bertz CT molecular complexity index is 3840. The number of hydrogen-bond donors (Lipinski definition) is 12. The van der Waals surface area contributed by atoms with Crippen molar-refractivity contribution < 1.29 is 135 Å². The number of carbonyl (C=O) groups excluding carboxylic acids is 8. The molecular weight excluding hydrogens is 1590 g/mol. The van der Waals surface area contributed by atoms with Crippen molar-refractivity contribution >= 4 is 70.5 Å². The number of carbonyl (C=O) groups is 10. The molecule has 120 heavy (non-hydrogen) atoms. The highest BCUT2D eigenvalue weighted by molar-refractivity contribution is 6.61. The summed E-state index contributed by atoms with van der Waals surface area (Å²) in [6.07, 6.45) is 4.61. The van der Waals surface area contributed by atoms with Gasteiger partial charge < -0.3 is 126 Å². The van der Waals surface area contributed by atoms with Crippen LogP contribution in [0.15, 0.2) is 91.0 Å². The van der Waals surface area contributed by atoms with E-state index < -0.39 is 125 Å². The van der Waals surface area contributed by atoms with Crippen molar-refractivity contribution in [2.45, 2.75) is 241 Å². The molecule has 4 saturated carbocycles. The third kappa shape index (κ3) is 25.8. The van der Waals surface area contributed by atoms with Gasteiger partial charge in [0.2, 0.25) is 11.8 Å². The minimum atomic E-state index is -1.87. The summed E-state index contributed by atoms with van der Waals surface area (Å²) in [5, 5.41) is 60.4. The molecule has 0 radical (unpaired) electrons. The molecule has 3 aromatic rings. The average Bonchev–Trinajstić information content (AvgIpc) is 1.58. The van der Waals surface area contributed by atoms with Crippen LogP contribution in [0.1, 0.15) is 171 Å². The Labute approximate surface area is 703 Å². The molecule has 3 unspecified atom stereocenters. The number of aliphatic hydroxyl groups is 3. The second-order valence-electron chi connectivity index (χ2n) is 32.9. The smallest absolute Gasteiger partial charge is 0.404 e. The van der Waals surface area contributed by atoms with Crippen LogP contribution in [0.5, 0.6) is 0 Å². The molecule has 36 heteroatoms. The third-order valence-electron chi connectivity index (χ3n) is 23.1. The van der Waals surface area contributed by atoms with Crippen molar-refractivity contribution in [1.29, 1.82) is 0 Å². The number of nitrogens with one attached hydrogen (secondary N) is 4. The highest BCUT2D eigenvalue weighted by atomic mass is 35.5. The lowest BCUT2D eigenvalue weighted by Crippen LogP contribution is -2.48. The summed E-state index contributed by atoms with van der Waals surface area (Å²) in [6, 6.07) is 27.6. The van der Waals surface area contributed by atoms with Gasteiger partial charge in [0.15, 0.2) is 35.7 Å². The Morgan fingerprint density at radius 2 is 0.683 bits per heavy atom. The number of ether oxygens (including phenoxy) is 13. The van der Waals surface area contributed by atoms with Gasteiger partial charge in [-0.15, -0.1) is 0 Å². The molecule has 13 rings (SSSR count). The van der Waals surface area contributed by atoms with E-state index in [9.17, 15) is 63.3 Å². The summed E-state index contributed by atoms with van der Waals surface area (Å²) in [7, 11) is 3.64.